The van der Waals surface area contributed by atoms with Crippen LogP contribution in [0.5, 0.6) is 0 Å². The summed E-state index contributed by atoms with van der Waals surface area (Å²) >= 11 is 0. The van der Waals surface area contributed by atoms with Gasteiger partial charge < -0.3 is 5.11 Å². The van der Waals surface area contributed by atoms with Crippen molar-refractivity contribution in [3.8, 4) is 0 Å². The first-order chi connectivity index (χ1) is 13.2. The van der Waals surface area contributed by atoms with Crippen LogP contribution in [0.15, 0.2) is 0 Å². The Labute approximate surface area is 168 Å². The summed E-state index contributed by atoms with van der Waals surface area (Å²) in [6.45, 7) is 6.61. The van der Waals surface area contributed by atoms with Crippen LogP contribution in [0.25, 0.3) is 0 Å². The van der Waals surface area contributed by atoms with Crippen molar-refractivity contribution in [2.45, 2.75) is 85.0 Å². The highest BCUT2D eigenvalue weighted by molar-refractivity contribution is 5.92. The fourth-order valence-corrected chi connectivity index (χ4v) is 8.18. The first-order valence-electron chi connectivity index (χ1n) is 11.5. The molecule has 0 aromatic carbocycles. The van der Waals surface area contributed by atoms with Crippen LogP contribution in [0.4, 0.5) is 0 Å². The van der Waals surface area contributed by atoms with Gasteiger partial charge in [-0.3, -0.25) is 14.4 Å². The standard InChI is InChI=1S/C24H36O4/c1-14(7-10-21(27)28)16-8-9-17-22-18(13-20(26)24(16,17)3)23(2)11-5-4-6-15(23)12-19(22)25/h14-18,22H,4-13H2,1-3H3,(H,27,28)/t14-,15-,16+,17+,18-,22+,23-,24+/m0/s1. The second-order valence-electron chi connectivity index (χ2n) is 10.9. The van der Waals surface area contributed by atoms with Gasteiger partial charge in [0, 0.05) is 30.6 Å². The van der Waals surface area contributed by atoms with E-state index in [0.29, 0.717) is 30.3 Å². The third-order valence-corrected chi connectivity index (χ3v) is 9.82. The van der Waals surface area contributed by atoms with Crippen LogP contribution in [0.3, 0.4) is 0 Å². The monoisotopic (exact) mass is 388 g/mol. The zero-order valence-electron chi connectivity index (χ0n) is 17.7. The summed E-state index contributed by atoms with van der Waals surface area (Å²) < 4.78 is 0. The third-order valence-electron chi connectivity index (χ3n) is 9.82. The molecule has 4 aliphatic carbocycles. The lowest BCUT2D eigenvalue weighted by atomic mass is 9.44. The van der Waals surface area contributed by atoms with E-state index in [4.69, 9.17) is 5.11 Å². The van der Waals surface area contributed by atoms with Gasteiger partial charge in [-0.2, -0.15) is 0 Å². The maximum absolute atomic E-state index is 13.6. The van der Waals surface area contributed by atoms with Gasteiger partial charge in [0.15, 0.2) is 0 Å². The number of Topliss-reactive ketones (excluding diaryl/α,β-unsaturated/α-hetero) is 2. The highest BCUT2D eigenvalue weighted by Gasteiger charge is 2.65. The van der Waals surface area contributed by atoms with Crippen molar-refractivity contribution in [3.05, 3.63) is 0 Å². The molecule has 0 aromatic heterocycles. The highest BCUT2D eigenvalue weighted by Crippen LogP contribution is 2.66. The Balaban J connectivity index is 1.63. The predicted octanol–water partition coefficient (Wildman–Crippen LogP) is 4.89. The fraction of sp³-hybridized carbons (Fsp3) is 0.875. The number of carboxylic acids is 1. The Hall–Kier alpha value is -1.19. The molecular weight excluding hydrogens is 352 g/mol. The molecule has 0 unspecified atom stereocenters. The van der Waals surface area contributed by atoms with Crippen molar-refractivity contribution in [2.75, 3.05) is 0 Å². The largest absolute Gasteiger partial charge is 0.481 e. The molecule has 0 spiro atoms. The van der Waals surface area contributed by atoms with Crippen LogP contribution in [0.1, 0.15) is 85.0 Å². The summed E-state index contributed by atoms with van der Waals surface area (Å²) in [4.78, 5) is 38.0. The number of fused-ring (bicyclic) bond motifs is 5. The number of rotatable bonds is 4. The first kappa shape index (κ1) is 20.1. The first-order valence-corrected chi connectivity index (χ1v) is 11.5. The van der Waals surface area contributed by atoms with Crippen LogP contribution in [0, 0.1) is 46.3 Å². The highest BCUT2D eigenvalue weighted by atomic mass is 16.4. The van der Waals surface area contributed by atoms with Gasteiger partial charge in [0.2, 0.25) is 0 Å². The van der Waals surface area contributed by atoms with Crippen molar-refractivity contribution in [1.82, 2.24) is 0 Å². The molecule has 4 nitrogen and oxygen atoms in total. The molecule has 1 N–H and O–H groups in total. The Kier molecular flexibility index (Phi) is 4.99. The molecule has 4 aliphatic rings. The number of carbonyl (C=O) groups is 3. The Bertz CT molecular complexity index is 684. The molecule has 4 rings (SSSR count). The van der Waals surface area contributed by atoms with Crippen LogP contribution in [0.2, 0.25) is 0 Å². The summed E-state index contributed by atoms with van der Waals surface area (Å²) in [6.07, 6.45) is 8.77. The van der Waals surface area contributed by atoms with E-state index in [1.54, 1.807) is 0 Å². The second-order valence-corrected chi connectivity index (χ2v) is 10.9. The van der Waals surface area contributed by atoms with E-state index >= 15 is 0 Å². The van der Waals surface area contributed by atoms with E-state index in [2.05, 4.69) is 20.8 Å². The summed E-state index contributed by atoms with van der Waals surface area (Å²) in [5.74, 6) is 1.39. The average Bonchev–Trinajstić information content (AvgIpc) is 3.00. The van der Waals surface area contributed by atoms with Gasteiger partial charge in [-0.05, 0) is 67.1 Å². The number of ketones is 2. The predicted molar refractivity (Wildman–Crippen MR) is 107 cm³/mol. The van der Waals surface area contributed by atoms with Gasteiger partial charge >= 0.3 is 5.97 Å². The number of carbonyl (C=O) groups excluding carboxylic acids is 2. The summed E-state index contributed by atoms with van der Waals surface area (Å²) in [6, 6.07) is 0. The number of hydrogen-bond donors (Lipinski definition) is 1. The molecule has 0 heterocycles. The van der Waals surface area contributed by atoms with Gasteiger partial charge in [0.25, 0.3) is 0 Å². The van der Waals surface area contributed by atoms with Crippen LogP contribution >= 0.6 is 0 Å². The van der Waals surface area contributed by atoms with Gasteiger partial charge in [-0.1, -0.05) is 33.6 Å². The Morgan fingerprint density at radius 1 is 1.11 bits per heavy atom. The van der Waals surface area contributed by atoms with Crippen molar-refractivity contribution >= 4 is 17.5 Å². The summed E-state index contributed by atoms with van der Waals surface area (Å²) in [5.41, 5.74) is -0.284. The number of carboxylic acid groups (broad SMARTS) is 1. The van der Waals surface area contributed by atoms with E-state index < -0.39 is 11.4 Å². The van der Waals surface area contributed by atoms with Crippen molar-refractivity contribution in [1.29, 1.82) is 0 Å². The van der Waals surface area contributed by atoms with Crippen LogP contribution in [-0.2, 0) is 14.4 Å². The zero-order valence-corrected chi connectivity index (χ0v) is 17.7. The molecule has 0 bridgehead atoms. The molecule has 156 valence electrons. The van der Waals surface area contributed by atoms with Gasteiger partial charge in [-0.25, -0.2) is 0 Å². The lowest BCUT2D eigenvalue weighted by molar-refractivity contribution is -0.165. The molecule has 0 aromatic rings. The summed E-state index contributed by atoms with van der Waals surface area (Å²) in [7, 11) is 0. The second kappa shape index (κ2) is 6.95. The maximum Gasteiger partial charge on any atom is 0.303 e. The number of aliphatic carboxylic acids is 1. The SMILES string of the molecule is C[C@@H](CCC(=O)O)[C@H]1CC[C@@H]2[C@H]3C(=O)C[C@@H]4CCCC[C@]4(C)[C@H]3CC(=O)[C@@]21C. The molecule has 28 heavy (non-hydrogen) atoms. The fourth-order valence-electron chi connectivity index (χ4n) is 8.18. The average molecular weight is 389 g/mol. The lowest BCUT2D eigenvalue weighted by Gasteiger charge is -2.59. The maximum atomic E-state index is 13.6. The molecule has 4 heteroatoms. The van der Waals surface area contributed by atoms with E-state index in [0.717, 1.165) is 25.7 Å². The smallest absolute Gasteiger partial charge is 0.303 e. The minimum Gasteiger partial charge on any atom is -0.481 e. The normalized spacial score (nSPS) is 46.5. The molecular formula is C24H36O4. The molecule has 8 atom stereocenters. The van der Waals surface area contributed by atoms with E-state index in [-0.39, 0.29) is 41.4 Å². The van der Waals surface area contributed by atoms with Crippen molar-refractivity contribution in [2.24, 2.45) is 46.3 Å². The number of hydrogen-bond acceptors (Lipinski definition) is 3. The molecule has 4 fully saturated rings. The lowest BCUT2D eigenvalue weighted by Crippen LogP contribution is -2.59. The quantitative estimate of drug-likeness (QED) is 0.744. The van der Waals surface area contributed by atoms with Crippen molar-refractivity contribution < 1.29 is 19.5 Å². The molecule has 0 amide bonds. The minimum absolute atomic E-state index is 0.0544. The Morgan fingerprint density at radius 2 is 1.86 bits per heavy atom. The van der Waals surface area contributed by atoms with Crippen molar-refractivity contribution in [3.63, 3.8) is 0 Å². The van der Waals surface area contributed by atoms with Crippen LogP contribution in [-0.4, -0.2) is 22.6 Å². The summed E-state index contributed by atoms with van der Waals surface area (Å²) in [5, 5.41) is 9.07. The van der Waals surface area contributed by atoms with E-state index in [9.17, 15) is 14.4 Å². The van der Waals surface area contributed by atoms with Gasteiger partial charge in [-0.15, -0.1) is 0 Å². The Morgan fingerprint density at radius 3 is 2.57 bits per heavy atom. The van der Waals surface area contributed by atoms with Crippen LogP contribution < -0.4 is 0 Å². The van der Waals surface area contributed by atoms with E-state index in [1.165, 1.54) is 19.3 Å². The van der Waals surface area contributed by atoms with Gasteiger partial charge in [0.05, 0.1) is 0 Å². The molecule has 0 aliphatic heterocycles. The molecule has 4 saturated carbocycles. The molecule has 0 saturated heterocycles. The van der Waals surface area contributed by atoms with E-state index in [1.807, 2.05) is 0 Å². The topological polar surface area (TPSA) is 71.4 Å². The molecule has 0 radical (unpaired) electrons. The third kappa shape index (κ3) is 2.81. The zero-order chi connectivity index (χ0) is 20.3. The minimum atomic E-state index is -0.764. The van der Waals surface area contributed by atoms with Gasteiger partial charge in [0.1, 0.15) is 11.6 Å².